The van der Waals surface area contributed by atoms with Crippen molar-refractivity contribution in [3.05, 3.63) is 59.4 Å². The van der Waals surface area contributed by atoms with Gasteiger partial charge in [0.05, 0.1) is 11.1 Å². The van der Waals surface area contributed by atoms with Gasteiger partial charge in [-0.05, 0) is 48.0 Å². The molecule has 0 saturated heterocycles. The minimum atomic E-state index is -0.992. The fourth-order valence-electron chi connectivity index (χ4n) is 2.20. The summed E-state index contributed by atoms with van der Waals surface area (Å²) in [5.74, 6) is -1.56. The SMILES string of the molecule is N#Cc1cc(-c2cc3cc(C(=O)O)ccc3[nH]2)ccc1F. The van der Waals surface area contributed by atoms with Crippen molar-refractivity contribution in [2.24, 2.45) is 0 Å². The number of aromatic amines is 1. The number of carbonyl (C=O) groups is 1. The third kappa shape index (κ3) is 2.23. The van der Waals surface area contributed by atoms with E-state index in [0.29, 0.717) is 11.3 Å². The molecule has 102 valence electrons. The van der Waals surface area contributed by atoms with E-state index in [1.807, 2.05) is 0 Å². The van der Waals surface area contributed by atoms with Crippen LogP contribution in [-0.4, -0.2) is 16.1 Å². The number of hydrogen-bond donors (Lipinski definition) is 2. The van der Waals surface area contributed by atoms with Crippen molar-refractivity contribution in [3.63, 3.8) is 0 Å². The van der Waals surface area contributed by atoms with Crippen LogP contribution in [0, 0.1) is 17.1 Å². The summed E-state index contributed by atoms with van der Waals surface area (Å²) in [6, 6.07) is 12.6. The van der Waals surface area contributed by atoms with E-state index >= 15 is 0 Å². The smallest absolute Gasteiger partial charge is 0.335 e. The van der Waals surface area contributed by atoms with Crippen molar-refractivity contribution in [2.75, 3.05) is 0 Å². The maximum atomic E-state index is 13.3. The number of carboxylic acid groups (broad SMARTS) is 1. The number of rotatable bonds is 2. The van der Waals surface area contributed by atoms with Crippen LogP contribution in [0.4, 0.5) is 4.39 Å². The highest BCUT2D eigenvalue weighted by molar-refractivity contribution is 5.95. The summed E-state index contributed by atoms with van der Waals surface area (Å²) in [4.78, 5) is 14.1. The van der Waals surface area contributed by atoms with E-state index in [0.717, 1.165) is 10.9 Å². The van der Waals surface area contributed by atoms with Crippen LogP contribution >= 0.6 is 0 Å². The van der Waals surface area contributed by atoms with Gasteiger partial charge in [0.15, 0.2) is 0 Å². The Kier molecular flexibility index (Phi) is 2.92. The molecular weight excluding hydrogens is 271 g/mol. The van der Waals surface area contributed by atoms with E-state index < -0.39 is 11.8 Å². The molecular formula is C16H9FN2O2. The lowest BCUT2D eigenvalue weighted by atomic mass is 10.1. The molecule has 3 aromatic rings. The summed E-state index contributed by atoms with van der Waals surface area (Å²) in [6.45, 7) is 0. The molecule has 0 fully saturated rings. The van der Waals surface area contributed by atoms with Gasteiger partial charge < -0.3 is 10.1 Å². The predicted molar refractivity (Wildman–Crippen MR) is 75.4 cm³/mol. The Labute approximate surface area is 119 Å². The van der Waals surface area contributed by atoms with Gasteiger partial charge >= 0.3 is 5.97 Å². The lowest BCUT2D eigenvalue weighted by Crippen LogP contribution is -1.94. The number of benzene rings is 2. The van der Waals surface area contributed by atoms with Crippen LogP contribution < -0.4 is 0 Å². The molecule has 1 heterocycles. The molecule has 21 heavy (non-hydrogen) atoms. The van der Waals surface area contributed by atoms with Gasteiger partial charge in [0.2, 0.25) is 0 Å². The zero-order valence-corrected chi connectivity index (χ0v) is 10.7. The highest BCUT2D eigenvalue weighted by Crippen LogP contribution is 2.26. The van der Waals surface area contributed by atoms with Gasteiger partial charge in [-0.2, -0.15) is 5.26 Å². The average molecular weight is 280 g/mol. The van der Waals surface area contributed by atoms with Crippen LogP contribution in [0.3, 0.4) is 0 Å². The monoisotopic (exact) mass is 280 g/mol. The molecule has 1 aromatic heterocycles. The van der Waals surface area contributed by atoms with Crippen molar-refractivity contribution in [2.45, 2.75) is 0 Å². The lowest BCUT2D eigenvalue weighted by Gasteiger charge is -1.99. The topological polar surface area (TPSA) is 76.9 Å². The maximum absolute atomic E-state index is 13.3. The lowest BCUT2D eigenvalue weighted by molar-refractivity contribution is 0.0697. The molecule has 0 aliphatic carbocycles. The van der Waals surface area contributed by atoms with E-state index in [9.17, 15) is 9.18 Å². The first-order valence-corrected chi connectivity index (χ1v) is 6.14. The minimum Gasteiger partial charge on any atom is -0.478 e. The van der Waals surface area contributed by atoms with E-state index in [4.69, 9.17) is 10.4 Å². The van der Waals surface area contributed by atoms with Gasteiger partial charge in [-0.3, -0.25) is 0 Å². The quantitative estimate of drug-likeness (QED) is 0.753. The molecule has 0 aliphatic rings. The molecule has 0 bridgehead atoms. The average Bonchev–Trinajstić information content (AvgIpc) is 2.90. The van der Waals surface area contributed by atoms with Crippen molar-refractivity contribution in [1.82, 2.24) is 4.98 Å². The number of aromatic nitrogens is 1. The molecule has 0 atom stereocenters. The molecule has 0 unspecified atom stereocenters. The molecule has 2 aromatic carbocycles. The number of H-pyrrole nitrogens is 1. The number of carboxylic acids is 1. The van der Waals surface area contributed by atoms with Gasteiger partial charge in [0.1, 0.15) is 11.9 Å². The molecule has 0 saturated carbocycles. The molecule has 4 nitrogen and oxygen atoms in total. The van der Waals surface area contributed by atoms with Gasteiger partial charge in [-0.25, -0.2) is 9.18 Å². The van der Waals surface area contributed by atoms with Crippen LogP contribution in [0.1, 0.15) is 15.9 Å². The van der Waals surface area contributed by atoms with Crippen molar-refractivity contribution in [3.8, 4) is 17.3 Å². The molecule has 0 spiro atoms. The van der Waals surface area contributed by atoms with Gasteiger partial charge in [-0.15, -0.1) is 0 Å². The Balaban J connectivity index is 2.13. The summed E-state index contributed by atoms with van der Waals surface area (Å²) in [5.41, 5.74) is 2.31. The fourth-order valence-corrected chi connectivity index (χ4v) is 2.20. The Morgan fingerprint density at radius 2 is 2.00 bits per heavy atom. The third-order valence-electron chi connectivity index (χ3n) is 3.27. The molecule has 2 N–H and O–H groups in total. The summed E-state index contributed by atoms with van der Waals surface area (Å²) >= 11 is 0. The highest BCUT2D eigenvalue weighted by atomic mass is 19.1. The first-order valence-electron chi connectivity index (χ1n) is 6.14. The number of hydrogen-bond acceptors (Lipinski definition) is 2. The molecule has 3 rings (SSSR count). The molecule has 0 aliphatic heterocycles. The van der Waals surface area contributed by atoms with Crippen molar-refractivity contribution < 1.29 is 14.3 Å². The molecule has 0 amide bonds. The Morgan fingerprint density at radius 1 is 1.19 bits per heavy atom. The number of nitrogens with zero attached hydrogens (tertiary/aromatic N) is 1. The number of fused-ring (bicyclic) bond motifs is 1. The Hall–Kier alpha value is -3.13. The summed E-state index contributed by atoms with van der Waals surface area (Å²) < 4.78 is 13.3. The third-order valence-corrected chi connectivity index (χ3v) is 3.27. The van der Waals surface area contributed by atoms with Crippen LogP contribution in [0.25, 0.3) is 22.2 Å². The molecule has 0 radical (unpaired) electrons. The first kappa shape index (κ1) is 12.9. The number of nitrogens with one attached hydrogen (secondary N) is 1. The van der Waals surface area contributed by atoms with Crippen molar-refractivity contribution in [1.29, 1.82) is 5.26 Å². The summed E-state index contributed by atoms with van der Waals surface area (Å²) in [7, 11) is 0. The minimum absolute atomic E-state index is 0.0302. The zero-order valence-electron chi connectivity index (χ0n) is 10.7. The van der Waals surface area contributed by atoms with E-state index in [1.165, 1.54) is 18.2 Å². The highest BCUT2D eigenvalue weighted by Gasteiger charge is 2.09. The predicted octanol–water partition coefficient (Wildman–Crippen LogP) is 3.54. The molecule has 5 heteroatoms. The Morgan fingerprint density at radius 3 is 2.71 bits per heavy atom. The standard InChI is InChI=1S/C16H9FN2O2/c17-13-3-1-9(5-12(13)8-18)15-7-11-6-10(16(20)21)2-4-14(11)19-15/h1-7,19H,(H,20,21). The van der Waals surface area contributed by atoms with Crippen molar-refractivity contribution >= 4 is 16.9 Å². The second kappa shape index (κ2) is 4.76. The van der Waals surface area contributed by atoms with Crippen LogP contribution in [-0.2, 0) is 0 Å². The second-order valence-corrected chi connectivity index (χ2v) is 4.60. The zero-order chi connectivity index (χ0) is 15.0. The van der Waals surface area contributed by atoms with Gasteiger partial charge in [0.25, 0.3) is 0 Å². The van der Waals surface area contributed by atoms with E-state index in [-0.39, 0.29) is 11.1 Å². The van der Waals surface area contributed by atoms with E-state index in [1.54, 1.807) is 30.3 Å². The summed E-state index contributed by atoms with van der Waals surface area (Å²) in [5, 5.41) is 18.6. The maximum Gasteiger partial charge on any atom is 0.335 e. The van der Waals surface area contributed by atoms with Gasteiger partial charge in [0, 0.05) is 16.6 Å². The fraction of sp³-hybridized carbons (Fsp3) is 0. The van der Waals surface area contributed by atoms with Crippen LogP contribution in [0.15, 0.2) is 42.5 Å². The normalized spacial score (nSPS) is 10.5. The Bertz CT molecular complexity index is 906. The largest absolute Gasteiger partial charge is 0.478 e. The first-order chi connectivity index (χ1) is 10.1. The van der Waals surface area contributed by atoms with Crippen LogP contribution in [0.2, 0.25) is 0 Å². The number of halogens is 1. The van der Waals surface area contributed by atoms with Crippen LogP contribution in [0.5, 0.6) is 0 Å². The van der Waals surface area contributed by atoms with Gasteiger partial charge in [-0.1, -0.05) is 0 Å². The number of aromatic carboxylic acids is 1. The summed E-state index contributed by atoms with van der Waals surface area (Å²) in [6.07, 6.45) is 0. The number of nitriles is 1. The van der Waals surface area contributed by atoms with E-state index in [2.05, 4.69) is 4.98 Å². The second-order valence-electron chi connectivity index (χ2n) is 4.60.